The van der Waals surface area contributed by atoms with Crippen LogP contribution in [0.15, 0.2) is 40.4 Å². The number of nitrogens with zero attached hydrogens (tertiary/aromatic N) is 1. The number of benzene rings is 1. The molecule has 0 atom stereocenters. The summed E-state index contributed by atoms with van der Waals surface area (Å²) in [7, 11) is 3.18. The molecule has 0 spiro atoms. The van der Waals surface area contributed by atoms with Crippen LogP contribution in [0.5, 0.6) is 11.5 Å². The van der Waals surface area contributed by atoms with E-state index in [4.69, 9.17) is 9.47 Å². The van der Waals surface area contributed by atoms with Crippen molar-refractivity contribution in [2.45, 2.75) is 0 Å². The third-order valence-corrected chi connectivity index (χ3v) is 4.72. The van der Waals surface area contributed by atoms with Gasteiger partial charge in [-0.05, 0) is 29.6 Å². The lowest BCUT2D eigenvalue weighted by Gasteiger charge is -2.08. The van der Waals surface area contributed by atoms with Crippen LogP contribution in [-0.4, -0.2) is 25.1 Å². The highest BCUT2D eigenvalue weighted by molar-refractivity contribution is 7.13. The number of methoxy groups -OCH3 is 2. The zero-order valence-corrected chi connectivity index (χ0v) is 14.2. The Kier molecular flexibility index (Phi) is 4.59. The molecule has 0 saturated heterocycles. The van der Waals surface area contributed by atoms with Crippen molar-refractivity contribution in [1.82, 2.24) is 4.98 Å². The van der Waals surface area contributed by atoms with Crippen molar-refractivity contribution in [3.8, 4) is 22.1 Å². The van der Waals surface area contributed by atoms with Gasteiger partial charge in [0.1, 0.15) is 10.7 Å². The van der Waals surface area contributed by atoms with Gasteiger partial charge in [0, 0.05) is 16.3 Å². The van der Waals surface area contributed by atoms with E-state index in [0.29, 0.717) is 17.2 Å². The fourth-order valence-corrected chi connectivity index (χ4v) is 3.40. The van der Waals surface area contributed by atoms with Crippen LogP contribution in [0, 0.1) is 0 Å². The van der Waals surface area contributed by atoms with Gasteiger partial charge in [0.15, 0.2) is 11.5 Å². The molecule has 0 unspecified atom stereocenters. The summed E-state index contributed by atoms with van der Waals surface area (Å²) in [6.45, 7) is 0. The van der Waals surface area contributed by atoms with Gasteiger partial charge in [0.05, 0.1) is 19.9 Å². The lowest BCUT2D eigenvalue weighted by atomic mass is 10.2. The number of anilines is 1. The van der Waals surface area contributed by atoms with Crippen LogP contribution in [0.1, 0.15) is 10.5 Å². The molecule has 1 N–H and O–H groups in total. The maximum atomic E-state index is 12.2. The first-order valence-electron chi connectivity index (χ1n) is 6.72. The van der Waals surface area contributed by atoms with Crippen LogP contribution >= 0.6 is 22.7 Å². The largest absolute Gasteiger partial charge is 0.493 e. The topological polar surface area (TPSA) is 60.5 Å². The molecule has 118 valence electrons. The molecule has 0 aliphatic rings. The molecule has 23 heavy (non-hydrogen) atoms. The first kappa shape index (κ1) is 15.5. The van der Waals surface area contributed by atoms with E-state index in [2.05, 4.69) is 10.3 Å². The number of carbonyl (C=O) groups excluding carboxylic acids is 1. The zero-order chi connectivity index (χ0) is 16.2. The molecule has 2 aromatic heterocycles. The number of aromatic nitrogens is 1. The summed E-state index contributed by atoms with van der Waals surface area (Å²) in [6.07, 6.45) is 0. The number of rotatable bonds is 5. The summed E-state index contributed by atoms with van der Waals surface area (Å²) < 4.78 is 10.5. The van der Waals surface area contributed by atoms with Crippen LogP contribution < -0.4 is 14.8 Å². The van der Waals surface area contributed by atoms with Gasteiger partial charge < -0.3 is 14.8 Å². The predicted octanol–water partition coefficient (Wildman–Crippen LogP) is 4.14. The van der Waals surface area contributed by atoms with Gasteiger partial charge in [-0.15, -0.1) is 11.3 Å². The molecule has 7 heteroatoms. The maximum absolute atomic E-state index is 12.2. The second-order valence-corrected chi connectivity index (χ2v) is 6.21. The lowest BCUT2D eigenvalue weighted by molar-refractivity contribution is 0.102. The fraction of sp³-hybridized carbons (Fsp3) is 0.125. The van der Waals surface area contributed by atoms with E-state index in [1.165, 1.54) is 22.7 Å². The monoisotopic (exact) mass is 346 g/mol. The number of hydrogen-bond donors (Lipinski definition) is 1. The van der Waals surface area contributed by atoms with E-state index in [-0.39, 0.29) is 5.91 Å². The molecular formula is C16H14N2O3S2. The molecular weight excluding hydrogens is 332 g/mol. The zero-order valence-electron chi connectivity index (χ0n) is 12.5. The molecule has 0 radical (unpaired) electrons. The number of amides is 1. The molecule has 0 saturated carbocycles. The number of nitrogens with one attached hydrogen (secondary N) is 1. The fourth-order valence-electron chi connectivity index (χ4n) is 2.01. The molecule has 3 rings (SSSR count). The maximum Gasteiger partial charge on any atom is 0.275 e. The third-order valence-electron chi connectivity index (χ3n) is 3.15. The average molecular weight is 346 g/mol. The minimum atomic E-state index is -0.216. The molecule has 0 aliphatic heterocycles. The Bertz CT molecular complexity index is 813. The van der Waals surface area contributed by atoms with Crippen molar-refractivity contribution >= 4 is 34.3 Å². The highest BCUT2D eigenvalue weighted by atomic mass is 32.1. The molecule has 0 fully saturated rings. The van der Waals surface area contributed by atoms with Crippen LogP contribution in [0.4, 0.5) is 5.69 Å². The number of thiazole rings is 1. The van der Waals surface area contributed by atoms with Crippen LogP contribution in [0.25, 0.3) is 10.6 Å². The molecule has 5 nitrogen and oxygen atoms in total. The normalized spacial score (nSPS) is 10.3. The second kappa shape index (κ2) is 6.80. The van der Waals surface area contributed by atoms with E-state index < -0.39 is 0 Å². The highest BCUT2D eigenvalue weighted by Crippen LogP contribution is 2.33. The van der Waals surface area contributed by atoms with E-state index >= 15 is 0 Å². The van der Waals surface area contributed by atoms with Gasteiger partial charge in [-0.1, -0.05) is 0 Å². The Labute approximate surface area is 141 Å². The Morgan fingerprint density at radius 2 is 1.96 bits per heavy atom. The summed E-state index contributed by atoms with van der Waals surface area (Å²) in [6, 6.07) is 7.41. The molecule has 0 aliphatic carbocycles. The van der Waals surface area contributed by atoms with Crippen LogP contribution in [0.3, 0.4) is 0 Å². The lowest BCUT2D eigenvalue weighted by Crippen LogP contribution is -2.11. The van der Waals surface area contributed by atoms with E-state index in [1.54, 1.807) is 19.6 Å². The van der Waals surface area contributed by atoms with Gasteiger partial charge >= 0.3 is 0 Å². The molecule has 0 bridgehead atoms. The van der Waals surface area contributed by atoms with E-state index in [1.807, 2.05) is 35.0 Å². The van der Waals surface area contributed by atoms with Gasteiger partial charge in [0.25, 0.3) is 5.91 Å². The van der Waals surface area contributed by atoms with Crippen LogP contribution in [0.2, 0.25) is 0 Å². The summed E-state index contributed by atoms with van der Waals surface area (Å²) >= 11 is 2.94. The smallest absolute Gasteiger partial charge is 0.275 e. The van der Waals surface area contributed by atoms with Crippen molar-refractivity contribution in [2.24, 2.45) is 0 Å². The molecule has 2 heterocycles. The Morgan fingerprint density at radius 1 is 1.13 bits per heavy atom. The summed E-state index contributed by atoms with van der Waals surface area (Å²) in [4.78, 5) is 16.6. The number of hydrogen-bond acceptors (Lipinski definition) is 6. The average Bonchev–Trinajstić information content (AvgIpc) is 3.25. The van der Waals surface area contributed by atoms with Gasteiger partial charge in [-0.25, -0.2) is 4.98 Å². The Morgan fingerprint density at radius 3 is 2.65 bits per heavy atom. The number of carbonyl (C=O) groups is 1. The van der Waals surface area contributed by atoms with Gasteiger partial charge in [-0.3, -0.25) is 4.79 Å². The van der Waals surface area contributed by atoms with Gasteiger partial charge in [-0.2, -0.15) is 11.3 Å². The summed E-state index contributed by atoms with van der Waals surface area (Å²) in [5.74, 6) is 1.07. The van der Waals surface area contributed by atoms with Crippen molar-refractivity contribution in [2.75, 3.05) is 19.5 Å². The Balaban J connectivity index is 1.82. The first-order valence-corrected chi connectivity index (χ1v) is 8.55. The molecule has 1 amide bonds. The third kappa shape index (κ3) is 3.35. The minimum Gasteiger partial charge on any atom is -0.493 e. The minimum absolute atomic E-state index is 0.216. The van der Waals surface area contributed by atoms with E-state index in [9.17, 15) is 4.79 Å². The molecule has 1 aromatic carbocycles. The highest BCUT2D eigenvalue weighted by Gasteiger charge is 2.14. The van der Waals surface area contributed by atoms with Gasteiger partial charge in [0.2, 0.25) is 0 Å². The Hall–Kier alpha value is -2.38. The summed E-state index contributed by atoms with van der Waals surface area (Å²) in [5, 5.41) is 9.09. The number of thiophene rings is 1. The van der Waals surface area contributed by atoms with Crippen LogP contribution in [-0.2, 0) is 0 Å². The van der Waals surface area contributed by atoms with E-state index in [0.717, 1.165) is 16.3 Å². The SMILES string of the molecule is COc1ccc(-c2nc(C(=O)Nc3ccsc3)cs2)cc1OC. The quantitative estimate of drug-likeness (QED) is 0.754. The standard InChI is InChI=1S/C16H14N2O3S2/c1-20-13-4-3-10(7-14(13)21-2)16-18-12(9-23-16)15(19)17-11-5-6-22-8-11/h3-9H,1-2H3,(H,17,19). The van der Waals surface area contributed by atoms with Crippen molar-refractivity contribution in [3.05, 3.63) is 46.1 Å². The van der Waals surface area contributed by atoms with Crippen molar-refractivity contribution in [1.29, 1.82) is 0 Å². The van der Waals surface area contributed by atoms with Crippen molar-refractivity contribution < 1.29 is 14.3 Å². The number of ether oxygens (including phenoxy) is 2. The molecule has 3 aromatic rings. The first-order chi connectivity index (χ1) is 11.2. The second-order valence-electron chi connectivity index (χ2n) is 4.57. The predicted molar refractivity (Wildman–Crippen MR) is 92.9 cm³/mol. The summed E-state index contributed by atoms with van der Waals surface area (Å²) in [5.41, 5.74) is 2.05. The van der Waals surface area contributed by atoms with Crippen molar-refractivity contribution in [3.63, 3.8) is 0 Å².